The van der Waals surface area contributed by atoms with Gasteiger partial charge in [-0.2, -0.15) is 0 Å². The summed E-state index contributed by atoms with van der Waals surface area (Å²) in [5.74, 6) is 1.21. The lowest BCUT2D eigenvalue weighted by Crippen LogP contribution is -2.46. The zero-order valence-corrected chi connectivity index (χ0v) is 17.1. The van der Waals surface area contributed by atoms with Gasteiger partial charge in [-0.25, -0.2) is 0 Å². The topological polar surface area (TPSA) is 83.5 Å². The first-order valence-electron chi connectivity index (χ1n) is 9.40. The third-order valence-corrected chi connectivity index (χ3v) is 4.75. The fourth-order valence-corrected chi connectivity index (χ4v) is 3.03. The number of carbonyl (C=O) groups is 2. The van der Waals surface area contributed by atoms with Crippen LogP contribution in [0.4, 0.5) is 0 Å². The van der Waals surface area contributed by atoms with Crippen LogP contribution in [0.3, 0.4) is 0 Å². The van der Waals surface area contributed by atoms with Gasteiger partial charge in [0.15, 0.2) is 12.6 Å². The number of nitrogens with one attached hydrogen (secondary N) is 1. The van der Waals surface area contributed by atoms with Crippen LogP contribution in [0.25, 0.3) is 0 Å². The Morgan fingerprint density at radius 1 is 1.29 bits per heavy atom. The van der Waals surface area contributed by atoms with Crippen LogP contribution in [0.15, 0.2) is 29.3 Å². The molecule has 0 unspecified atom stereocenters. The highest BCUT2D eigenvalue weighted by atomic mass is 16.5. The lowest BCUT2D eigenvalue weighted by molar-refractivity contribution is -0.146. The molecule has 0 spiro atoms. The molecule has 1 aliphatic rings. The normalized spacial score (nSPS) is 15.1. The second-order valence-electron chi connectivity index (χ2n) is 6.91. The summed E-state index contributed by atoms with van der Waals surface area (Å²) in [4.78, 5) is 31.3. The molecule has 8 nitrogen and oxygen atoms in total. The first-order valence-corrected chi connectivity index (χ1v) is 9.40. The van der Waals surface area contributed by atoms with E-state index in [9.17, 15) is 9.59 Å². The van der Waals surface area contributed by atoms with E-state index in [1.807, 2.05) is 24.3 Å². The quantitative estimate of drug-likeness (QED) is 0.445. The smallest absolute Gasteiger partial charge is 0.308 e. The molecule has 0 bridgehead atoms. The van der Waals surface area contributed by atoms with E-state index in [4.69, 9.17) is 9.47 Å². The van der Waals surface area contributed by atoms with E-state index in [2.05, 4.69) is 15.2 Å². The monoisotopic (exact) mass is 390 g/mol. The number of likely N-dealkylation sites (N-methyl/N-ethyl adjacent to an activating group) is 1. The minimum atomic E-state index is -0.132. The predicted molar refractivity (Wildman–Crippen MR) is 107 cm³/mol. The molecular formula is C20H30N4O4. The third-order valence-electron chi connectivity index (χ3n) is 4.75. The van der Waals surface area contributed by atoms with Crippen LogP contribution >= 0.6 is 0 Å². The zero-order chi connectivity index (χ0) is 20.5. The van der Waals surface area contributed by atoms with Gasteiger partial charge in [0.2, 0.25) is 0 Å². The minimum absolute atomic E-state index is 0.0146. The maximum atomic E-state index is 11.7. The number of ether oxygens (including phenoxy) is 2. The molecule has 28 heavy (non-hydrogen) atoms. The van der Waals surface area contributed by atoms with Gasteiger partial charge in [0.1, 0.15) is 5.75 Å². The zero-order valence-electron chi connectivity index (χ0n) is 17.1. The molecule has 1 aromatic rings. The van der Waals surface area contributed by atoms with E-state index in [-0.39, 0.29) is 24.4 Å². The SMILES string of the molecule is CN=C(NCc1cccc(OCC(=O)N(C)C)c1)N1CCC(C(=O)OC)CC1. The molecule has 1 N–H and O–H groups in total. The third kappa shape index (κ3) is 6.14. The van der Waals surface area contributed by atoms with Gasteiger partial charge >= 0.3 is 5.97 Å². The Kier molecular flexibility index (Phi) is 8.10. The lowest BCUT2D eigenvalue weighted by atomic mass is 9.97. The van der Waals surface area contributed by atoms with E-state index >= 15 is 0 Å². The van der Waals surface area contributed by atoms with Crippen LogP contribution in [0.2, 0.25) is 0 Å². The average Bonchev–Trinajstić information content (AvgIpc) is 2.72. The first-order chi connectivity index (χ1) is 13.4. The Labute approximate surface area is 166 Å². The minimum Gasteiger partial charge on any atom is -0.484 e. The van der Waals surface area contributed by atoms with Crippen molar-refractivity contribution in [2.75, 3.05) is 47.9 Å². The second kappa shape index (κ2) is 10.5. The van der Waals surface area contributed by atoms with Crippen molar-refractivity contribution in [3.05, 3.63) is 29.8 Å². The van der Waals surface area contributed by atoms with Gasteiger partial charge in [0.25, 0.3) is 5.91 Å². The number of hydrogen-bond acceptors (Lipinski definition) is 5. The number of amides is 1. The molecule has 1 aromatic carbocycles. The number of rotatable bonds is 6. The number of piperidine rings is 1. The van der Waals surface area contributed by atoms with Crippen molar-refractivity contribution in [3.63, 3.8) is 0 Å². The maximum Gasteiger partial charge on any atom is 0.308 e. The number of guanidine groups is 1. The van der Waals surface area contributed by atoms with Gasteiger partial charge in [-0.3, -0.25) is 14.6 Å². The van der Waals surface area contributed by atoms with Crippen LogP contribution in [0, 0.1) is 5.92 Å². The molecule has 0 saturated carbocycles. The molecule has 1 fully saturated rings. The lowest BCUT2D eigenvalue weighted by Gasteiger charge is -2.33. The summed E-state index contributed by atoms with van der Waals surface area (Å²) in [6.07, 6.45) is 1.52. The Morgan fingerprint density at radius 3 is 2.61 bits per heavy atom. The molecule has 0 aromatic heterocycles. The molecule has 1 heterocycles. The summed E-state index contributed by atoms with van der Waals surface area (Å²) in [5, 5.41) is 3.35. The van der Waals surface area contributed by atoms with E-state index < -0.39 is 0 Å². The summed E-state index contributed by atoms with van der Waals surface area (Å²) in [7, 11) is 6.59. The number of nitrogens with zero attached hydrogens (tertiary/aromatic N) is 3. The van der Waals surface area contributed by atoms with Gasteiger partial charge in [0.05, 0.1) is 13.0 Å². The van der Waals surface area contributed by atoms with Crippen molar-refractivity contribution in [1.29, 1.82) is 0 Å². The van der Waals surface area contributed by atoms with Crippen molar-refractivity contribution < 1.29 is 19.1 Å². The van der Waals surface area contributed by atoms with Crippen LogP contribution in [-0.4, -0.2) is 75.6 Å². The summed E-state index contributed by atoms with van der Waals surface area (Å²) >= 11 is 0. The van der Waals surface area contributed by atoms with Crippen LogP contribution in [0.5, 0.6) is 5.75 Å². The molecule has 1 aliphatic heterocycles. The van der Waals surface area contributed by atoms with Crippen molar-refractivity contribution in [1.82, 2.24) is 15.1 Å². The number of hydrogen-bond donors (Lipinski definition) is 1. The Hall–Kier alpha value is -2.77. The van der Waals surface area contributed by atoms with Gasteiger partial charge < -0.3 is 24.6 Å². The van der Waals surface area contributed by atoms with E-state index in [1.165, 1.54) is 12.0 Å². The highest BCUT2D eigenvalue weighted by Gasteiger charge is 2.26. The highest BCUT2D eigenvalue weighted by molar-refractivity contribution is 5.80. The summed E-state index contributed by atoms with van der Waals surface area (Å²) < 4.78 is 10.4. The average molecular weight is 390 g/mol. The molecular weight excluding hydrogens is 360 g/mol. The number of carbonyl (C=O) groups excluding carboxylic acids is 2. The van der Waals surface area contributed by atoms with Crippen molar-refractivity contribution in [2.45, 2.75) is 19.4 Å². The van der Waals surface area contributed by atoms with Crippen LogP contribution in [-0.2, 0) is 20.9 Å². The molecule has 2 rings (SSSR count). The maximum absolute atomic E-state index is 11.7. The van der Waals surface area contributed by atoms with Crippen LogP contribution in [0.1, 0.15) is 18.4 Å². The number of esters is 1. The van der Waals surface area contributed by atoms with Gasteiger partial charge in [0, 0.05) is 40.8 Å². The Morgan fingerprint density at radius 2 is 2.00 bits per heavy atom. The molecule has 0 atom stereocenters. The number of methoxy groups -OCH3 is 1. The molecule has 0 radical (unpaired) electrons. The molecule has 1 saturated heterocycles. The van der Waals surface area contributed by atoms with Crippen molar-refractivity contribution in [2.24, 2.45) is 10.9 Å². The second-order valence-corrected chi connectivity index (χ2v) is 6.91. The molecule has 8 heteroatoms. The van der Waals surface area contributed by atoms with E-state index in [0.717, 1.165) is 37.5 Å². The number of aliphatic imine (C=N–C) groups is 1. The van der Waals surface area contributed by atoms with Crippen molar-refractivity contribution in [3.8, 4) is 5.75 Å². The Bertz CT molecular complexity index is 697. The van der Waals surface area contributed by atoms with Crippen molar-refractivity contribution >= 4 is 17.8 Å². The van der Waals surface area contributed by atoms with E-state index in [1.54, 1.807) is 21.1 Å². The summed E-state index contributed by atoms with van der Waals surface area (Å²) in [6.45, 7) is 2.12. The van der Waals surface area contributed by atoms with Crippen LogP contribution < -0.4 is 10.1 Å². The largest absolute Gasteiger partial charge is 0.484 e. The summed E-state index contributed by atoms with van der Waals surface area (Å²) in [6, 6.07) is 7.63. The highest BCUT2D eigenvalue weighted by Crippen LogP contribution is 2.19. The standard InChI is InChI=1S/C20H30N4O4/c1-21-20(24-10-8-16(9-11-24)19(26)27-4)22-13-15-6-5-7-17(12-15)28-14-18(25)23(2)3/h5-7,12,16H,8-11,13-14H2,1-4H3,(H,21,22). The fourth-order valence-electron chi connectivity index (χ4n) is 3.03. The molecule has 1 amide bonds. The molecule has 154 valence electrons. The Balaban J connectivity index is 1.86. The molecule has 0 aliphatic carbocycles. The van der Waals surface area contributed by atoms with E-state index in [0.29, 0.717) is 12.3 Å². The van der Waals surface area contributed by atoms with Gasteiger partial charge in [-0.1, -0.05) is 12.1 Å². The number of benzene rings is 1. The predicted octanol–water partition coefficient (Wildman–Crippen LogP) is 1.11. The van der Waals surface area contributed by atoms with Gasteiger partial charge in [-0.15, -0.1) is 0 Å². The first kappa shape index (κ1) is 21.5. The fraction of sp³-hybridized carbons (Fsp3) is 0.550. The summed E-state index contributed by atoms with van der Waals surface area (Å²) in [5.41, 5.74) is 1.03. The number of likely N-dealkylation sites (tertiary alicyclic amines) is 1. The van der Waals surface area contributed by atoms with Gasteiger partial charge in [-0.05, 0) is 30.5 Å².